The maximum atomic E-state index is 12.3. The summed E-state index contributed by atoms with van der Waals surface area (Å²) in [6.07, 6.45) is 1.78. The van der Waals surface area contributed by atoms with Gasteiger partial charge in [-0.05, 0) is 43.4 Å². The number of piperidine rings is 1. The Hall–Kier alpha value is -1.20. The molecule has 1 atom stereocenters. The SMILES string of the molecule is CC(C)Sc1ccc([C@H](C)NC(=O)N2CCC(CO)CC2)cc1. The van der Waals surface area contributed by atoms with Crippen LogP contribution in [0.2, 0.25) is 0 Å². The molecular weight excluding hydrogens is 308 g/mol. The molecule has 128 valence electrons. The van der Waals surface area contributed by atoms with Crippen LogP contribution in [0.25, 0.3) is 0 Å². The molecule has 1 heterocycles. The predicted octanol–water partition coefficient (Wildman–Crippen LogP) is 3.66. The smallest absolute Gasteiger partial charge is 0.317 e. The summed E-state index contributed by atoms with van der Waals surface area (Å²) < 4.78 is 0. The maximum absolute atomic E-state index is 12.3. The van der Waals surface area contributed by atoms with Crippen molar-refractivity contribution in [2.75, 3.05) is 19.7 Å². The summed E-state index contributed by atoms with van der Waals surface area (Å²) in [6.45, 7) is 8.07. The molecule has 1 aliphatic rings. The number of carbonyl (C=O) groups is 1. The van der Waals surface area contributed by atoms with E-state index in [2.05, 4.69) is 43.4 Å². The highest BCUT2D eigenvalue weighted by molar-refractivity contribution is 7.99. The van der Waals surface area contributed by atoms with Crippen molar-refractivity contribution in [3.63, 3.8) is 0 Å². The number of rotatable bonds is 5. The summed E-state index contributed by atoms with van der Waals surface area (Å²) in [5, 5.41) is 12.8. The number of carbonyl (C=O) groups excluding carboxylic acids is 1. The van der Waals surface area contributed by atoms with Gasteiger partial charge in [0.25, 0.3) is 0 Å². The van der Waals surface area contributed by atoms with Gasteiger partial charge in [-0.3, -0.25) is 0 Å². The van der Waals surface area contributed by atoms with Gasteiger partial charge in [0.2, 0.25) is 0 Å². The van der Waals surface area contributed by atoms with Gasteiger partial charge in [0, 0.05) is 29.8 Å². The van der Waals surface area contributed by atoms with E-state index in [1.165, 1.54) is 4.90 Å². The third-order valence-corrected chi connectivity index (χ3v) is 5.27. The summed E-state index contributed by atoms with van der Waals surface area (Å²) in [4.78, 5) is 15.4. The molecule has 0 spiro atoms. The van der Waals surface area contributed by atoms with E-state index in [4.69, 9.17) is 5.11 Å². The normalized spacial score (nSPS) is 17.3. The monoisotopic (exact) mass is 336 g/mol. The molecule has 4 nitrogen and oxygen atoms in total. The second kappa shape index (κ2) is 8.60. The number of likely N-dealkylation sites (tertiary alicyclic amines) is 1. The molecule has 23 heavy (non-hydrogen) atoms. The van der Waals surface area contributed by atoms with E-state index in [1.54, 1.807) is 0 Å². The molecule has 1 aromatic carbocycles. The van der Waals surface area contributed by atoms with Crippen molar-refractivity contribution in [3.8, 4) is 0 Å². The lowest BCUT2D eigenvalue weighted by molar-refractivity contribution is 0.136. The lowest BCUT2D eigenvalue weighted by Crippen LogP contribution is -2.45. The number of benzene rings is 1. The van der Waals surface area contributed by atoms with Crippen LogP contribution in [0.5, 0.6) is 0 Å². The highest BCUT2D eigenvalue weighted by atomic mass is 32.2. The molecular formula is C18H28N2O2S. The predicted molar refractivity (Wildman–Crippen MR) is 95.8 cm³/mol. The van der Waals surface area contributed by atoms with Gasteiger partial charge in [0.15, 0.2) is 0 Å². The molecule has 2 rings (SSSR count). The minimum Gasteiger partial charge on any atom is -0.396 e. The van der Waals surface area contributed by atoms with Crippen LogP contribution in [0.4, 0.5) is 4.79 Å². The second-order valence-corrected chi connectivity index (χ2v) is 8.17. The van der Waals surface area contributed by atoms with Gasteiger partial charge in [0.1, 0.15) is 0 Å². The third kappa shape index (κ3) is 5.43. The van der Waals surface area contributed by atoms with Crippen LogP contribution in [-0.2, 0) is 0 Å². The highest BCUT2D eigenvalue weighted by Crippen LogP contribution is 2.24. The molecule has 1 aromatic rings. The minimum absolute atomic E-state index is 0.00355. The topological polar surface area (TPSA) is 52.6 Å². The zero-order valence-corrected chi connectivity index (χ0v) is 15.1. The number of urea groups is 1. The summed E-state index contributed by atoms with van der Waals surface area (Å²) in [5.74, 6) is 0.350. The Morgan fingerprint density at radius 1 is 1.26 bits per heavy atom. The first-order valence-corrected chi connectivity index (χ1v) is 9.30. The molecule has 0 radical (unpaired) electrons. The third-order valence-electron chi connectivity index (χ3n) is 4.25. The maximum Gasteiger partial charge on any atom is 0.317 e. The lowest BCUT2D eigenvalue weighted by atomic mass is 9.98. The number of amides is 2. The van der Waals surface area contributed by atoms with Gasteiger partial charge in [-0.2, -0.15) is 0 Å². The van der Waals surface area contributed by atoms with Crippen LogP contribution < -0.4 is 5.32 Å². The molecule has 2 N–H and O–H groups in total. The Morgan fingerprint density at radius 2 is 1.87 bits per heavy atom. The molecule has 0 aromatic heterocycles. The summed E-state index contributed by atoms with van der Waals surface area (Å²) in [7, 11) is 0. The Bertz CT molecular complexity index is 496. The summed E-state index contributed by atoms with van der Waals surface area (Å²) >= 11 is 1.84. The molecule has 0 saturated carbocycles. The van der Waals surface area contributed by atoms with Gasteiger partial charge in [-0.15, -0.1) is 11.8 Å². The van der Waals surface area contributed by atoms with Crippen molar-refractivity contribution in [2.24, 2.45) is 5.92 Å². The number of nitrogens with zero attached hydrogens (tertiary/aromatic N) is 1. The van der Waals surface area contributed by atoms with Crippen LogP contribution in [0.1, 0.15) is 45.2 Å². The van der Waals surface area contributed by atoms with E-state index in [-0.39, 0.29) is 18.7 Å². The quantitative estimate of drug-likeness (QED) is 0.807. The molecule has 5 heteroatoms. The van der Waals surface area contributed by atoms with E-state index in [0.29, 0.717) is 11.2 Å². The summed E-state index contributed by atoms with van der Waals surface area (Å²) in [6, 6.07) is 8.41. The standard InChI is InChI=1S/C18H28N2O2S/c1-13(2)23-17-6-4-16(5-7-17)14(3)19-18(22)20-10-8-15(12-21)9-11-20/h4-7,13-15,21H,8-12H2,1-3H3,(H,19,22)/t14-/m0/s1. The van der Waals surface area contributed by atoms with E-state index < -0.39 is 0 Å². The molecule has 2 amide bonds. The second-order valence-electron chi connectivity index (χ2n) is 6.52. The van der Waals surface area contributed by atoms with E-state index in [0.717, 1.165) is 31.5 Å². The van der Waals surface area contributed by atoms with Crippen molar-refractivity contribution in [1.29, 1.82) is 0 Å². The first kappa shape index (κ1) is 18.1. The number of thioether (sulfide) groups is 1. The molecule has 0 unspecified atom stereocenters. The van der Waals surface area contributed by atoms with Crippen molar-refractivity contribution < 1.29 is 9.90 Å². The molecule has 0 aliphatic carbocycles. The molecule has 1 saturated heterocycles. The van der Waals surface area contributed by atoms with Gasteiger partial charge < -0.3 is 15.3 Å². The fourth-order valence-corrected chi connectivity index (χ4v) is 3.62. The fourth-order valence-electron chi connectivity index (χ4n) is 2.79. The van der Waals surface area contributed by atoms with Crippen LogP contribution in [0.3, 0.4) is 0 Å². The number of nitrogens with one attached hydrogen (secondary N) is 1. The molecule has 1 aliphatic heterocycles. The zero-order chi connectivity index (χ0) is 16.8. The lowest BCUT2D eigenvalue weighted by Gasteiger charge is -2.32. The fraction of sp³-hybridized carbons (Fsp3) is 0.611. The number of hydrogen-bond donors (Lipinski definition) is 2. The van der Waals surface area contributed by atoms with E-state index in [1.807, 2.05) is 23.6 Å². The van der Waals surface area contributed by atoms with Crippen LogP contribution in [0.15, 0.2) is 29.2 Å². The Kier molecular flexibility index (Phi) is 6.78. The Labute approximate surface area is 143 Å². The van der Waals surface area contributed by atoms with Crippen molar-refractivity contribution in [3.05, 3.63) is 29.8 Å². The first-order chi connectivity index (χ1) is 11.0. The minimum atomic E-state index is -0.00507. The van der Waals surface area contributed by atoms with E-state index >= 15 is 0 Å². The van der Waals surface area contributed by atoms with Crippen LogP contribution >= 0.6 is 11.8 Å². The van der Waals surface area contributed by atoms with E-state index in [9.17, 15) is 4.79 Å². The Morgan fingerprint density at radius 3 is 2.39 bits per heavy atom. The van der Waals surface area contributed by atoms with Gasteiger partial charge in [-0.25, -0.2) is 4.79 Å². The largest absolute Gasteiger partial charge is 0.396 e. The Balaban J connectivity index is 1.86. The van der Waals surface area contributed by atoms with Crippen molar-refractivity contribution >= 4 is 17.8 Å². The average molecular weight is 337 g/mol. The van der Waals surface area contributed by atoms with Gasteiger partial charge >= 0.3 is 6.03 Å². The highest BCUT2D eigenvalue weighted by Gasteiger charge is 2.23. The molecule has 1 fully saturated rings. The van der Waals surface area contributed by atoms with Crippen LogP contribution in [-0.4, -0.2) is 41.0 Å². The van der Waals surface area contributed by atoms with Crippen molar-refractivity contribution in [2.45, 2.75) is 49.8 Å². The first-order valence-electron chi connectivity index (χ1n) is 8.42. The molecule has 0 bridgehead atoms. The zero-order valence-electron chi connectivity index (χ0n) is 14.3. The number of hydrogen-bond acceptors (Lipinski definition) is 3. The van der Waals surface area contributed by atoms with Gasteiger partial charge in [-0.1, -0.05) is 26.0 Å². The van der Waals surface area contributed by atoms with Gasteiger partial charge in [0.05, 0.1) is 6.04 Å². The van der Waals surface area contributed by atoms with Crippen LogP contribution in [0, 0.1) is 5.92 Å². The number of aliphatic hydroxyl groups is 1. The average Bonchev–Trinajstić information content (AvgIpc) is 2.55. The summed E-state index contributed by atoms with van der Waals surface area (Å²) in [5.41, 5.74) is 1.12. The number of aliphatic hydroxyl groups excluding tert-OH is 1. The van der Waals surface area contributed by atoms with Crippen molar-refractivity contribution in [1.82, 2.24) is 10.2 Å².